The largest absolute Gasteiger partial charge is 0.433 e. The summed E-state index contributed by atoms with van der Waals surface area (Å²) in [4.78, 5) is 18.8. The van der Waals surface area contributed by atoms with Crippen molar-refractivity contribution in [2.24, 2.45) is 5.73 Å². The molecule has 8 nitrogen and oxygen atoms in total. The summed E-state index contributed by atoms with van der Waals surface area (Å²) in [6.45, 7) is 0.936. The Bertz CT molecular complexity index is 1230. The number of amides is 1. The summed E-state index contributed by atoms with van der Waals surface area (Å²) < 4.78 is 45.9. The Morgan fingerprint density at radius 3 is 2.91 bits per heavy atom. The average Bonchev–Trinajstić information content (AvgIpc) is 3.28. The number of nitrogens with zero attached hydrogens (tertiary/aromatic N) is 3. The number of pyridine rings is 1. The molecule has 1 saturated carbocycles. The number of halogens is 3. The maximum atomic E-state index is 13.5. The number of carbonyl (C=O) groups excluding carboxylic acids is 1. The summed E-state index contributed by atoms with van der Waals surface area (Å²) in [5.74, 6) is -0.255. The van der Waals surface area contributed by atoms with Crippen molar-refractivity contribution in [3.63, 3.8) is 0 Å². The zero-order chi connectivity index (χ0) is 24.6. The van der Waals surface area contributed by atoms with Gasteiger partial charge >= 0.3 is 6.18 Å². The first kappa shape index (κ1) is 23.6. The van der Waals surface area contributed by atoms with Crippen LogP contribution in [0.3, 0.4) is 0 Å². The maximum Gasteiger partial charge on any atom is 0.433 e. The van der Waals surface area contributed by atoms with Crippen molar-refractivity contribution in [2.45, 2.75) is 57.0 Å². The standard InChI is InChI=1S/C24H27F3N6O2/c25-24(26,27)21-11-20(16-6-1-2-7-18(16)30-21)29-14-4-3-5-15(10-14)33(13-28)23(34)22-17-12-35-9-8-19(17)31-32-22/h1-2,6-7,11,14-15H,3-5,8-10,12-13,28H2,(H,29,30)(H,31,32)/t14-,15+/m0/s1. The fraction of sp³-hybridized carbons (Fsp3) is 0.458. The number of anilines is 1. The van der Waals surface area contributed by atoms with Crippen molar-refractivity contribution in [1.82, 2.24) is 20.1 Å². The van der Waals surface area contributed by atoms with Crippen LogP contribution >= 0.6 is 0 Å². The van der Waals surface area contributed by atoms with Crippen LogP contribution in [-0.2, 0) is 23.9 Å². The number of H-pyrrole nitrogens is 1. The Morgan fingerprint density at radius 1 is 1.29 bits per heavy atom. The van der Waals surface area contributed by atoms with Gasteiger partial charge in [0.1, 0.15) is 5.69 Å². The molecular formula is C24H27F3N6O2. The molecule has 0 saturated heterocycles. The number of aromatic amines is 1. The molecule has 2 atom stereocenters. The van der Waals surface area contributed by atoms with Crippen LogP contribution in [0.4, 0.5) is 18.9 Å². The highest BCUT2D eigenvalue weighted by atomic mass is 19.4. The summed E-state index contributed by atoms with van der Waals surface area (Å²) in [5.41, 5.74) is 7.75. The van der Waals surface area contributed by atoms with Crippen LogP contribution in [0, 0.1) is 0 Å². The molecule has 11 heteroatoms. The van der Waals surface area contributed by atoms with Crippen molar-refractivity contribution < 1.29 is 22.7 Å². The highest BCUT2D eigenvalue weighted by molar-refractivity contribution is 5.94. The van der Waals surface area contributed by atoms with Crippen LogP contribution in [0.2, 0.25) is 0 Å². The highest BCUT2D eigenvalue weighted by Gasteiger charge is 2.35. The van der Waals surface area contributed by atoms with E-state index in [0.29, 0.717) is 42.8 Å². The third-order valence-corrected chi connectivity index (χ3v) is 6.81. The number of ether oxygens (including phenoxy) is 1. The molecular weight excluding hydrogens is 461 g/mol. The Morgan fingerprint density at radius 2 is 2.11 bits per heavy atom. The Balaban J connectivity index is 1.37. The smallest absolute Gasteiger partial charge is 0.382 e. The first-order valence-corrected chi connectivity index (χ1v) is 11.7. The van der Waals surface area contributed by atoms with Crippen LogP contribution in [0.5, 0.6) is 0 Å². The van der Waals surface area contributed by atoms with Gasteiger partial charge in [-0.05, 0) is 37.8 Å². The number of hydrogen-bond donors (Lipinski definition) is 3. The second kappa shape index (κ2) is 9.46. The van der Waals surface area contributed by atoms with Gasteiger partial charge in [-0.15, -0.1) is 0 Å². The lowest BCUT2D eigenvalue weighted by Gasteiger charge is -2.37. The number of aromatic nitrogens is 3. The molecule has 0 bridgehead atoms. The number of fused-ring (bicyclic) bond motifs is 2. The van der Waals surface area contributed by atoms with E-state index in [0.717, 1.165) is 36.6 Å². The zero-order valence-corrected chi connectivity index (χ0v) is 19.1. The van der Waals surface area contributed by atoms with E-state index >= 15 is 0 Å². The second-order valence-corrected chi connectivity index (χ2v) is 9.02. The lowest BCUT2D eigenvalue weighted by Crippen LogP contribution is -2.48. The van der Waals surface area contributed by atoms with Gasteiger partial charge < -0.3 is 20.7 Å². The Labute approximate surface area is 200 Å². The van der Waals surface area contributed by atoms with Crippen molar-refractivity contribution in [2.75, 3.05) is 18.6 Å². The quantitative estimate of drug-likeness (QED) is 0.471. The molecule has 0 spiro atoms. The second-order valence-electron chi connectivity index (χ2n) is 9.02. The number of benzene rings is 1. The molecule has 0 radical (unpaired) electrons. The van der Waals surface area contributed by atoms with E-state index in [-0.39, 0.29) is 30.2 Å². The van der Waals surface area contributed by atoms with Gasteiger partial charge in [-0.3, -0.25) is 9.89 Å². The molecule has 2 aromatic heterocycles. The number of rotatable bonds is 5. The predicted octanol–water partition coefficient (Wildman–Crippen LogP) is 3.83. The number of nitrogens with two attached hydrogens (primary N) is 1. The fourth-order valence-electron chi connectivity index (χ4n) is 5.06. The maximum absolute atomic E-state index is 13.5. The van der Waals surface area contributed by atoms with E-state index in [4.69, 9.17) is 10.5 Å². The summed E-state index contributed by atoms with van der Waals surface area (Å²) in [6.07, 6.45) is -0.979. The van der Waals surface area contributed by atoms with E-state index < -0.39 is 11.9 Å². The molecule has 1 amide bonds. The molecule has 35 heavy (non-hydrogen) atoms. The van der Waals surface area contributed by atoms with Crippen LogP contribution in [0.25, 0.3) is 10.9 Å². The molecule has 5 rings (SSSR count). The van der Waals surface area contributed by atoms with Gasteiger partial charge in [-0.2, -0.15) is 18.3 Å². The van der Waals surface area contributed by atoms with Gasteiger partial charge in [0.15, 0.2) is 5.69 Å². The first-order valence-electron chi connectivity index (χ1n) is 11.7. The van der Waals surface area contributed by atoms with Crippen molar-refractivity contribution in [3.05, 3.63) is 53.0 Å². The molecule has 3 aromatic rings. The Hall–Kier alpha value is -3.18. The molecule has 1 fully saturated rings. The van der Waals surface area contributed by atoms with Gasteiger partial charge in [0.25, 0.3) is 5.91 Å². The van der Waals surface area contributed by atoms with E-state index in [9.17, 15) is 18.0 Å². The minimum absolute atomic E-state index is 0.0229. The molecule has 4 N–H and O–H groups in total. The monoisotopic (exact) mass is 488 g/mol. The van der Waals surface area contributed by atoms with Gasteiger partial charge in [-0.1, -0.05) is 18.2 Å². The van der Waals surface area contributed by atoms with Crippen LogP contribution < -0.4 is 11.1 Å². The van der Waals surface area contributed by atoms with Crippen LogP contribution in [0.15, 0.2) is 30.3 Å². The van der Waals surface area contributed by atoms with Crippen molar-refractivity contribution in [1.29, 1.82) is 0 Å². The molecule has 3 heterocycles. The van der Waals surface area contributed by atoms with E-state index in [2.05, 4.69) is 20.5 Å². The zero-order valence-electron chi connectivity index (χ0n) is 19.1. The fourth-order valence-corrected chi connectivity index (χ4v) is 5.06. The van der Waals surface area contributed by atoms with Crippen molar-refractivity contribution in [3.8, 4) is 0 Å². The summed E-state index contributed by atoms with van der Waals surface area (Å²) in [6, 6.07) is 7.54. The SMILES string of the molecule is NCN(C(=O)c1n[nH]c2c1COCC2)[C@@H]1CCC[C@H](Nc2cc(C(F)(F)F)nc3ccccc23)C1. The summed E-state index contributed by atoms with van der Waals surface area (Å²) >= 11 is 0. The summed E-state index contributed by atoms with van der Waals surface area (Å²) in [7, 11) is 0. The van der Waals surface area contributed by atoms with Gasteiger partial charge in [0.2, 0.25) is 0 Å². The first-order chi connectivity index (χ1) is 16.8. The highest BCUT2D eigenvalue weighted by Crippen LogP contribution is 2.35. The molecule has 2 aliphatic rings. The van der Waals surface area contributed by atoms with Gasteiger partial charge in [0, 0.05) is 40.8 Å². The molecule has 1 aliphatic heterocycles. The predicted molar refractivity (Wildman–Crippen MR) is 124 cm³/mol. The molecule has 1 aliphatic carbocycles. The van der Waals surface area contributed by atoms with Crippen LogP contribution in [0.1, 0.15) is 53.1 Å². The average molecular weight is 489 g/mol. The lowest BCUT2D eigenvalue weighted by molar-refractivity contribution is -0.140. The van der Waals surface area contributed by atoms with Crippen LogP contribution in [-0.4, -0.2) is 51.3 Å². The number of carbonyl (C=O) groups is 1. The minimum atomic E-state index is -4.55. The third kappa shape index (κ3) is 4.70. The molecule has 0 unspecified atom stereocenters. The lowest BCUT2D eigenvalue weighted by atomic mass is 9.89. The number of nitrogens with one attached hydrogen (secondary N) is 2. The number of hydrogen-bond acceptors (Lipinski definition) is 6. The van der Waals surface area contributed by atoms with E-state index in [1.54, 1.807) is 29.2 Å². The summed E-state index contributed by atoms with van der Waals surface area (Å²) in [5, 5.41) is 11.1. The minimum Gasteiger partial charge on any atom is -0.382 e. The van der Waals surface area contributed by atoms with E-state index in [1.807, 2.05) is 0 Å². The van der Waals surface area contributed by atoms with Gasteiger partial charge in [-0.25, -0.2) is 4.98 Å². The normalized spacial score (nSPS) is 20.5. The van der Waals surface area contributed by atoms with Gasteiger partial charge in [0.05, 0.1) is 25.4 Å². The molecule has 186 valence electrons. The van der Waals surface area contributed by atoms with Crippen molar-refractivity contribution >= 4 is 22.5 Å². The molecule has 1 aromatic carbocycles. The van der Waals surface area contributed by atoms with E-state index in [1.165, 1.54) is 0 Å². The number of alkyl halides is 3. The topological polar surface area (TPSA) is 109 Å². The number of para-hydroxylation sites is 1. The Kier molecular flexibility index (Phi) is 6.37. The third-order valence-electron chi connectivity index (χ3n) is 6.81.